The minimum absolute atomic E-state index is 0.268. The molecule has 0 aliphatic carbocycles. The maximum atomic E-state index is 13.2. The summed E-state index contributed by atoms with van der Waals surface area (Å²) in [6, 6.07) is 12.3. The highest BCUT2D eigenvalue weighted by Gasteiger charge is 2.36. The van der Waals surface area contributed by atoms with Crippen LogP contribution in [0.2, 0.25) is 0 Å². The number of nitro groups is 1. The van der Waals surface area contributed by atoms with E-state index in [1.165, 1.54) is 0 Å². The van der Waals surface area contributed by atoms with Gasteiger partial charge in [0, 0.05) is 18.7 Å². The summed E-state index contributed by atoms with van der Waals surface area (Å²) in [5.74, 6) is -2.33. The van der Waals surface area contributed by atoms with Gasteiger partial charge < -0.3 is 10.0 Å². The number of rotatable bonds is 5. The van der Waals surface area contributed by atoms with Gasteiger partial charge in [0.15, 0.2) is 5.70 Å². The summed E-state index contributed by atoms with van der Waals surface area (Å²) in [6.45, 7) is 0.854. The number of hydrogen-bond donors (Lipinski definition) is 1. The van der Waals surface area contributed by atoms with Crippen LogP contribution in [0.5, 0.6) is 0 Å². The number of hydrogen-bond acceptors (Lipinski definition) is 5. The fourth-order valence-electron chi connectivity index (χ4n) is 3.34. The zero-order chi connectivity index (χ0) is 18.7. The van der Waals surface area contributed by atoms with Crippen LogP contribution < -0.4 is 0 Å². The Hall–Kier alpha value is -3.22. The Labute approximate surface area is 149 Å². The maximum Gasteiger partial charge on any atom is 0.409 e. The third-order valence-corrected chi connectivity index (χ3v) is 4.53. The van der Waals surface area contributed by atoms with Crippen LogP contribution in [-0.2, 0) is 4.79 Å². The lowest BCUT2D eigenvalue weighted by Crippen LogP contribution is -2.36. The van der Waals surface area contributed by atoms with Gasteiger partial charge in [-0.2, -0.15) is 0 Å². The number of carboxylic acid groups (broad SMARTS) is 1. The van der Waals surface area contributed by atoms with E-state index >= 15 is 0 Å². The second kappa shape index (κ2) is 7.35. The molecule has 3 rings (SSSR count). The molecule has 7 heteroatoms. The molecule has 0 radical (unpaired) electrons. The standard InChI is InChI=1S/C19H18N2O5/c22-18(15-10-6-8-13-7-2-3-9-14(13)15)16(17(19(23)24)21(25)26)20-11-4-1-5-12-20/h2-3,6-10H,1,4-5,11-12H2,(H,23,24)/b17-16+. The number of likely N-dealkylation sites (tertiary alicyclic amines) is 1. The lowest BCUT2D eigenvalue weighted by molar-refractivity contribution is -0.422. The largest absolute Gasteiger partial charge is 0.473 e. The average molecular weight is 354 g/mol. The van der Waals surface area contributed by atoms with Gasteiger partial charge in [-0.15, -0.1) is 0 Å². The lowest BCUT2D eigenvalue weighted by Gasteiger charge is -2.29. The molecule has 1 N–H and O–H groups in total. The molecule has 134 valence electrons. The summed E-state index contributed by atoms with van der Waals surface area (Å²) in [5.41, 5.74) is -1.13. The smallest absolute Gasteiger partial charge is 0.409 e. The van der Waals surface area contributed by atoms with E-state index < -0.39 is 22.4 Å². The van der Waals surface area contributed by atoms with E-state index in [-0.39, 0.29) is 11.3 Å². The number of nitrogens with zero attached hydrogens (tertiary/aromatic N) is 2. The molecule has 1 saturated heterocycles. The van der Waals surface area contributed by atoms with Gasteiger partial charge in [-0.3, -0.25) is 14.9 Å². The Balaban J connectivity index is 2.20. The lowest BCUT2D eigenvalue weighted by atomic mass is 9.97. The second-order valence-electron chi connectivity index (χ2n) is 6.16. The second-order valence-corrected chi connectivity index (χ2v) is 6.16. The minimum Gasteiger partial charge on any atom is -0.473 e. The summed E-state index contributed by atoms with van der Waals surface area (Å²) >= 11 is 0. The van der Waals surface area contributed by atoms with E-state index in [0.717, 1.165) is 24.6 Å². The Morgan fingerprint density at radius 3 is 2.31 bits per heavy atom. The number of piperidine rings is 1. The molecule has 2 aromatic rings. The van der Waals surface area contributed by atoms with E-state index in [1.54, 1.807) is 29.2 Å². The molecular weight excluding hydrogens is 336 g/mol. The van der Waals surface area contributed by atoms with Crippen molar-refractivity contribution in [2.24, 2.45) is 0 Å². The summed E-state index contributed by atoms with van der Waals surface area (Å²) in [4.78, 5) is 36.8. The number of carboxylic acids is 1. The summed E-state index contributed by atoms with van der Waals surface area (Å²) in [5, 5.41) is 22.2. The normalized spacial score (nSPS) is 15.5. The topological polar surface area (TPSA) is 101 Å². The van der Waals surface area contributed by atoms with Crippen LogP contribution in [0.3, 0.4) is 0 Å². The van der Waals surface area contributed by atoms with Crippen molar-refractivity contribution in [3.05, 3.63) is 69.5 Å². The molecule has 1 heterocycles. The number of fused-ring (bicyclic) bond motifs is 1. The molecule has 1 aliphatic heterocycles. The van der Waals surface area contributed by atoms with Crippen LogP contribution in [0, 0.1) is 10.1 Å². The molecule has 0 aromatic heterocycles. The number of carbonyl (C=O) groups excluding carboxylic acids is 1. The van der Waals surface area contributed by atoms with Gasteiger partial charge in [-0.05, 0) is 30.0 Å². The van der Waals surface area contributed by atoms with Gasteiger partial charge in [0.25, 0.3) is 0 Å². The zero-order valence-electron chi connectivity index (χ0n) is 14.1. The Bertz CT molecular complexity index is 892. The van der Waals surface area contributed by atoms with Crippen molar-refractivity contribution in [3.63, 3.8) is 0 Å². The SMILES string of the molecule is O=C(O)/C(=C(/C(=O)c1cccc2ccccc12)N1CCCCC1)[N+](=O)[O-]. The molecule has 0 unspecified atom stereocenters. The molecule has 7 nitrogen and oxygen atoms in total. The summed E-state index contributed by atoms with van der Waals surface area (Å²) in [6.07, 6.45) is 2.47. The van der Waals surface area contributed by atoms with Crippen molar-refractivity contribution in [3.8, 4) is 0 Å². The first kappa shape index (κ1) is 17.6. The third-order valence-electron chi connectivity index (χ3n) is 4.53. The van der Waals surface area contributed by atoms with Crippen molar-refractivity contribution < 1.29 is 19.6 Å². The molecule has 26 heavy (non-hydrogen) atoms. The first-order valence-corrected chi connectivity index (χ1v) is 8.40. The summed E-state index contributed by atoms with van der Waals surface area (Å²) in [7, 11) is 0. The molecule has 1 fully saturated rings. The maximum absolute atomic E-state index is 13.2. The van der Waals surface area contributed by atoms with E-state index in [1.807, 2.05) is 18.2 Å². The van der Waals surface area contributed by atoms with Crippen molar-refractivity contribution in [2.75, 3.05) is 13.1 Å². The van der Waals surface area contributed by atoms with Gasteiger partial charge in [-0.25, -0.2) is 4.79 Å². The minimum atomic E-state index is -1.70. The Morgan fingerprint density at radius 2 is 1.65 bits per heavy atom. The molecule has 0 amide bonds. The van der Waals surface area contributed by atoms with Gasteiger partial charge >= 0.3 is 11.7 Å². The quantitative estimate of drug-likeness (QED) is 0.383. The molecule has 1 aliphatic rings. The highest BCUT2D eigenvalue weighted by atomic mass is 16.6. The van der Waals surface area contributed by atoms with Crippen molar-refractivity contribution in [2.45, 2.75) is 19.3 Å². The van der Waals surface area contributed by atoms with Gasteiger partial charge in [0.2, 0.25) is 5.78 Å². The van der Waals surface area contributed by atoms with E-state index in [0.29, 0.717) is 18.5 Å². The van der Waals surface area contributed by atoms with Crippen LogP contribution in [0.4, 0.5) is 0 Å². The fraction of sp³-hybridized carbons (Fsp3) is 0.263. The monoisotopic (exact) mass is 354 g/mol. The van der Waals surface area contributed by atoms with Crippen molar-refractivity contribution in [1.82, 2.24) is 4.90 Å². The van der Waals surface area contributed by atoms with E-state index in [4.69, 9.17) is 0 Å². The summed E-state index contributed by atoms with van der Waals surface area (Å²) < 4.78 is 0. The number of carbonyl (C=O) groups is 2. The first-order valence-electron chi connectivity index (χ1n) is 8.40. The van der Waals surface area contributed by atoms with Crippen LogP contribution in [0.25, 0.3) is 10.8 Å². The van der Waals surface area contributed by atoms with Gasteiger partial charge in [0.1, 0.15) is 0 Å². The molecule has 0 saturated carbocycles. The average Bonchev–Trinajstić information content (AvgIpc) is 2.65. The number of allylic oxidation sites excluding steroid dienone is 1. The number of aliphatic carboxylic acids is 1. The number of ketones is 1. The highest BCUT2D eigenvalue weighted by molar-refractivity contribution is 6.17. The molecule has 0 spiro atoms. The predicted molar refractivity (Wildman–Crippen MR) is 95.4 cm³/mol. The third kappa shape index (κ3) is 3.28. The fourth-order valence-corrected chi connectivity index (χ4v) is 3.34. The number of Topliss-reactive ketones (excluding diaryl/α,β-unsaturated/α-hetero) is 1. The number of benzene rings is 2. The van der Waals surface area contributed by atoms with E-state index in [2.05, 4.69) is 0 Å². The van der Waals surface area contributed by atoms with E-state index in [9.17, 15) is 24.8 Å². The van der Waals surface area contributed by atoms with Gasteiger partial charge in [0.05, 0.1) is 4.92 Å². The Morgan fingerprint density at radius 1 is 1.00 bits per heavy atom. The molecule has 0 atom stereocenters. The van der Waals surface area contributed by atoms with Crippen molar-refractivity contribution >= 4 is 22.5 Å². The van der Waals surface area contributed by atoms with Crippen LogP contribution >= 0.6 is 0 Å². The van der Waals surface area contributed by atoms with Crippen LogP contribution in [0.15, 0.2) is 53.9 Å². The van der Waals surface area contributed by atoms with Crippen LogP contribution in [-0.4, -0.2) is 39.8 Å². The Kier molecular flexibility index (Phi) is 4.97. The highest BCUT2D eigenvalue weighted by Crippen LogP contribution is 2.26. The predicted octanol–water partition coefficient (Wildman–Crippen LogP) is 3.08. The molecular formula is C19H18N2O5. The first-order chi connectivity index (χ1) is 12.5. The zero-order valence-corrected chi connectivity index (χ0v) is 14.1. The van der Waals surface area contributed by atoms with Crippen LogP contribution in [0.1, 0.15) is 29.6 Å². The molecule has 0 bridgehead atoms. The van der Waals surface area contributed by atoms with Crippen molar-refractivity contribution in [1.29, 1.82) is 0 Å². The molecule has 2 aromatic carbocycles. The van der Waals surface area contributed by atoms with Gasteiger partial charge in [-0.1, -0.05) is 42.5 Å².